The van der Waals surface area contributed by atoms with Crippen molar-refractivity contribution in [2.24, 2.45) is 5.73 Å². The molecule has 2 rings (SSSR count). The number of pyridine rings is 1. The minimum absolute atomic E-state index is 0.204. The van der Waals surface area contributed by atoms with Crippen molar-refractivity contribution < 1.29 is 4.79 Å². The van der Waals surface area contributed by atoms with Gasteiger partial charge in [-0.25, -0.2) is 4.98 Å². The van der Waals surface area contributed by atoms with Crippen LogP contribution in [0.5, 0.6) is 0 Å². The van der Waals surface area contributed by atoms with Crippen molar-refractivity contribution in [1.82, 2.24) is 9.88 Å². The molecule has 0 aliphatic carbocycles. The number of carbonyl (C=O) groups excluding carboxylic acids is 1. The molecule has 1 aromatic heterocycles. The Morgan fingerprint density at radius 3 is 2.84 bits per heavy atom. The van der Waals surface area contributed by atoms with E-state index in [4.69, 9.17) is 18.0 Å². The van der Waals surface area contributed by atoms with E-state index in [1.54, 1.807) is 6.07 Å². The normalized spacial score (nSPS) is 14.4. The van der Waals surface area contributed by atoms with Gasteiger partial charge in [-0.2, -0.15) is 0 Å². The molecular weight excluding hydrogens is 260 g/mol. The number of anilines is 1. The van der Waals surface area contributed by atoms with Crippen LogP contribution < -0.4 is 11.1 Å². The lowest BCUT2D eigenvalue weighted by Crippen LogP contribution is -2.29. The Bertz CT molecular complexity index is 471. The molecule has 1 fully saturated rings. The molecule has 1 amide bonds. The molecule has 0 atom stereocenters. The molecule has 0 aromatic carbocycles. The minimum atomic E-state index is 0.204. The number of rotatable bonds is 5. The van der Waals surface area contributed by atoms with Crippen LogP contribution in [0.2, 0.25) is 0 Å². The molecule has 1 aliphatic heterocycles. The highest BCUT2D eigenvalue weighted by atomic mass is 32.1. The zero-order valence-corrected chi connectivity index (χ0v) is 11.6. The molecule has 1 saturated heterocycles. The van der Waals surface area contributed by atoms with Gasteiger partial charge < -0.3 is 16.0 Å². The monoisotopic (exact) mass is 278 g/mol. The maximum absolute atomic E-state index is 11.8. The smallest absolute Gasteiger partial charge is 0.224 e. The lowest BCUT2D eigenvalue weighted by Gasteiger charge is -2.15. The Hall–Kier alpha value is -1.69. The van der Waals surface area contributed by atoms with E-state index in [9.17, 15) is 4.79 Å². The molecule has 1 aliphatic rings. The Kier molecular flexibility index (Phi) is 4.68. The first kappa shape index (κ1) is 13.7. The van der Waals surface area contributed by atoms with Gasteiger partial charge in [0.15, 0.2) is 0 Å². The Morgan fingerprint density at radius 1 is 1.42 bits per heavy atom. The maximum Gasteiger partial charge on any atom is 0.224 e. The highest BCUT2D eigenvalue weighted by molar-refractivity contribution is 7.80. The second-order valence-corrected chi connectivity index (χ2v) is 4.98. The first-order chi connectivity index (χ1) is 9.16. The lowest BCUT2D eigenvalue weighted by atomic mass is 10.3. The van der Waals surface area contributed by atoms with Crippen molar-refractivity contribution in [2.45, 2.75) is 19.3 Å². The molecule has 2 heterocycles. The van der Waals surface area contributed by atoms with E-state index in [-0.39, 0.29) is 10.9 Å². The van der Waals surface area contributed by atoms with Gasteiger partial charge in [-0.15, -0.1) is 0 Å². The highest BCUT2D eigenvalue weighted by Crippen LogP contribution is 2.09. The highest BCUT2D eigenvalue weighted by Gasteiger charge is 2.16. The summed E-state index contributed by atoms with van der Waals surface area (Å²) < 4.78 is 0. The average molecular weight is 278 g/mol. The molecule has 6 heteroatoms. The van der Waals surface area contributed by atoms with Crippen LogP contribution in [0.15, 0.2) is 18.2 Å². The van der Waals surface area contributed by atoms with Crippen molar-refractivity contribution in [3.63, 3.8) is 0 Å². The average Bonchev–Trinajstić information content (AvgIpc) is 2.93. The summed E-state index contributed by atoms with van der Waals surface area (Å²) in [5, 5.41) is 3.12. The van der Waals surface area contributed by atoms with E-state index in [2.05, 4.69) is 10.3 Å². The van der Waals surface area contributed by atoms with Crippen molar-refractivity contribution in [3.05, 3.63) is 23.9 Å². The molecule has 0 saturated carbocycles. The molecule has 1 aromatic rings. The summed E-state index contributed by atoms with van der Waals surface area (Å²) >= 11 is 4.88. The number of nitrogens with zero attached hydrogens (tertiary/aromatic N) is 2. The number of hydrogen-bond acceptors (Lipinski definition) is 4. The fourth-order valence-electron chi connectivity index (χ4n) is 2.09. The van der Waals surface area contributed by atoms with Gasteiger partial charge in [0.05, 0.1) is 5.69 Å². The van der Waals surface area contributed by atoms with Gasteiger partial charge >= 0.3 is 0 Å². The zero-order valence-electron chi connectivity index (χ0n) is 10.8. The third-order valence-corrected chi connectivity index (χ3v) is 3.31. The van der Waals surface area contributed by atoms with E-state index in [0.29, 0.717) is 24.5 Å². The van der Waals surface area contributed by atoms with Crippen LogP contribution >= 0.6 is 12.2 Å². The summed E-state index contributed by atoms with van der Waals surface area (Å²) in [5.74, 6) is 0.898. The fourth-order valence-corrected chi connectivity index (χ4v) is 2.21. The van der Waals surface area contributed by atoms with Crippen LogP contribution in [-0.2, 0) is 4.79 Å². The molecule has 102 valence electrons. The van der Waals surface area contributed by atoms with Crippen LogP contribution in [0.25, 0.3) is 0 Å². The van der Waals surface area contributed by atoms with Gasteiger partial charge in [0.2, 0.25) is 5.91 Å². The number of amides is 1. The zero-order chi connectivity index (χ0) is 13.7. The first-order valence-corrected chi connectivity index (χ1v) is 6.86. The Balaban J connectivity index is 1.80. The minimum Gasteiger partial charge on any atom is -0.388 e. The summed E-state index contributed by atoms with van der Waals surface area (Å²) in [6.07, 6.45) is 2.73. The molecule has 0 spiro atoms. The van der Waals surface area contributed by atoms with Crippen LogP contribution in [0, 0.1) is 0 Å². The predicted molar refractivity (Wildman–Crippen MR) is 79.0 cm³/mol. The molecule has 0 radical (unpaired) electrons. The van der Waals surface area contributed by atoms with Gasteiger partial charge in [-0.3, -0.25) is 4.79 Å². The molecule has 0 unspecified atom stereocenters. The second kappa shape index (κ2) is 6.47. The van der Waals surface area contributed by atoms with Crippen molar-refractivity contribution >= 4 is 28.9 Å². The number of hydrogen-bond donors (Lipinski definition) is 2. The predicted octanol–water partition coefficient (Wildman–Crippen LogP) is 1.14. The maximum atomic E-state index is 11.8. The number of carbonyl (C=O) groups is 1. The van der Waals surface area contributed by atoms with Crippen LogP contribution in [0.4, 0.5) is 5.82 Å². The van der Waals surface area contributed by atoms with Crippen LogP contribution in [-0.4, -0.2) is 40.4 Å². The van der Waals surface area contributed by atoms with E-state index in [1.807, 2.05) is 17.0 Å². The summed E-state index contributed by atoms with van der Waals surface area (Å²) in [5.41, 5.74) is 6.11. The number of aromatic nitrogens is 1. The number of likely N-dealkylation sites (tertiary alicyclic amines) is 1. The third-order valence-electron chi connectivity index (χ3n) is 3.11. The number of thiocarbonyl (C=S) groups is 1. The third kappa shape index (κ3) is 3.89. The second-order valence-electron chi connectivity index (χ2n) is 4.54. The quantitative estimate of drug-likeness (QED) is 0.790. The SMILES string of the molecule is NC(=S)c1cccc(NCCC(=O)N2CCCC2)n1. The van der Waals surface area contributed by atoms with E-state index >= 15 is 0 Å². The molecule has 5 nitrogen and oxygen atoms in total. The van der Waals surface area contributed by atoms with Crippen molar-refractivity contribution in [1.29, 1.82) is 0 Å². The molecule has 3 N–H and O–H groups in total. The van der Waals surface area contributed by atoms with E-state index in [0.717, 1.165) is 25.9 Å². The van der Waals surface area contributed by atoms with Gasteiger partial charge in [-0.05, 0) is 25.0 Å². The van der Waals surface area contributed by atoms with Crippen molar-refractivity contribution in [3.8, 4) is 0 Å². The fraction of sp³-hybridized carbons (Fsp3) is 0.462. The largest absolute Gasteiger partial charge is 0.388 e. The topological polar surface area (TPSA) is 71.2 Å². The van der Waals surface area contributed by atoms with Gasteiger partial charge in [0.1, 0.15) is 10.8 Å². The summed E-state index contributed by atoms with van der Waals surface area (Å²) in [7, 11) is 0. The summed E-state index contributed by atoms with van der Waals surface area (Å²) in [6.45, 7) is 2.37. The number of nitrogens with one attached hydrogen (secondary N) is 1. The summed E-state index contributed by atoms with van der Waals surface area (Å²) in [6, 6.07) is 5.44. The lowest BCUT2D eigenvalue weighted by molar-refractivity contribution is -0.129. The molecule has 19 heavy (non-hydrogen) atoms. The number of nitrogens with two attached hydrogens (primary N) is 1. The van der Waals surface area contributed by atoms with Gasteiger partial charge in [0, 0.05) is 26.1 Å². The van der Waals surface area contributed by atoms with E-state index < -0.39 is 0 Å². The summed E-state index contributed by atoms with van der Waals surface area (Å²) in [4.78, 5) is 18.3. The molecular formula is C13H18N4OS. The van der Waals surface area contributed by atoms with Gasteiger partial charge in [-0.1, -0.05) is 18.3 Å². The van der Waals surface area contributed by atoms with Crippen LogP contribution in [0.3, 0.4) is 0 Å². The van der Waals surface area contributed by atoms with Crippen LogP contribution in [0.1, 0.15) is 25.0 Å². The van der Waals surface area contributed by atoms with Crippen molar-refractivity contribution in [2.75, 3.05) is 25.0 Å². The molecule has 0 bridgehead atoms. The standard InChI is InChI=1S/C13H18N4OS/c14-13(19)10-4-3-5-11(16-10)15-7-6-12(18)17-8-1-2-9-17/h3-5H,1-2,6-9H2,(H2,14,19)(H,15,16). The Morgan fingerprint density at radius 2 is 2.16 bits per heavy atom. The first-order valence-electron chi connectivity index (χ1n) is 6.45. The van der Waals surface area contributed by atoms with Gasteiger partial charge in [0.25, 0.3) is 0 Å². The Labute approximate surface area is 118 Å². The van der Waals surface area contributed by atoms with E-state index in [1.165, 1.54) is 0 Å².